The summed E-state index contributed by atoms with van der Waals surface area (Å²) in [4.78, 5) is 16.4. The highest BCUT2D eigenvalue weighted by Crippen LogP contribution is 2.21. The van der Waals surface area contributed by atoms with E-state index in [4.69, 9.17) is 0 Å². The Balaban J connectivity index is 1.51. The molecule has 0 spiro atoms. The van der Waals surface area contributed by atoms with Crippen LogP contribution in [-0.4, -0.2) is 10.9 Å². The van der Waals surface area contributed by atoms with E-state index >= 15 is 0 Å². The maximum absolute atomic E-state index is 12.9. The predicted molar refractivity (Wildman–Crippen MR) is 93.8 cm³/mol. The minimum atomic E-state index is -0.282. The molecule has 0 radical (unpaired) electrons. The van der Waals surface area contributed by atoms with Crippen molar-refractivity contribution in [1.82, 2.24) is 10.3 Å². The number of hydrogen-bond acceptors (Lipinski definition) is 4. The molecule has 3 aromatic rings. The first-order valence-electron chi connectivity index (χ1n) is 7.47. The van der Waals surface area contributed by atoms with E-state index in [9.17, 15) is 9.18 Å². The van der Waals surface area contributed by atoms with Crippen LogP contribution in [0.25, 0.3) is 0 Å². The Morgan fingerprint density at radius 2 is 1.83 bits per heavy atom. The molecule has 122 valence electrons. The molecule has 0 saturated carbocycles. The summed E-state index contributed by atoms with van der Waals surface area (Å²) in [5.74, 6) is -0.354. The van der Waals surface area contributed by atoms with Gasteiger partial charge in [0, 0.05) is 17.6 Å². The van der Waals surface area contributed by atoms with E-state index in [2.05, 4.69) is 15.6 Å². The lowest BCUT2D eigenvalue weighted by molar-refractivity contribution is -0.120. The summed E-state index contributed by atoms with van der Waals surface area (Å²) in [7, 11) is 0. The lowest BCUT2D eigenvalue weighted by Crippen LogP contribution is -2.24. The molecule has 1 amide bonds. The van der Waals surface area contributed by atoms with Crippen molar-refractivity contribution in [1.29, 1.82) is 0 Å². The highest BCUT2D eigenvalue weighted by atomic mass is 32.1. The third-order valence-corrected chi connectivity index (χ3v) is 4.13. The molecule has 0 saturated heterocycles. The van der Waals surface area contributed by atoms with Gasteiger partial charge in [0.25, 0.3) is 0 Å². The number of nitrogens with one attached hydrogen (secondary N) is 2. The molecule has 0 atom stereocenters. The Kier molecular flexibility index (Phi) is 5.18. The number of benzene rings is 2. The van der Waals surface area contributed by atoms with Gasteiger partial charge in [0.1, 0.15) is 5.82 Å². The van der Waals surface area contributed by atoms with E-state index in [1.807, 2.05) is 35.7 Å². The average molecular weight is 341 g/mol. The molecule has 0 aliphatic carbocycles. The molecule has 24 heavy (non-hydrogen) atoms. The summed E-state index contributed by atoms with van der Waals surface area (Å²) < 4.78 is 12.9. The van der Waals surface area contributed by atoms with Gasteiger partial charge in [0.05, 0.1) is 12.1 Å². The fourth-order valence-electron chi connectivity index (χ4n) is 2.13. The smallest absolute Gasteiger partial charge is 0.226 e. The Morgan fingerprint density at radius 3 is 2.58 bits per heavy atom. The molecule has 0 fully saturated rings. The van der Waals surface area contributed by atoms with Crippen LogP contribution in [0.3, 0.4) is 0 Å². The molecule has 1 heterocycles. The molecule has 6 heteroatoms. The van der Waals surface area contributed by atoms with Gasteiger partial charge in [-0.1, -0.05) is 30.3 Å². The van der Waals surface area contributed by atoms with Crippen LogP contribution in [-0.2, 0) is 17.8 Å². The third-order valence-electron chi connectivity index (χ3n) is 3.32. The highest BCUT2D eigenvalue weighted by molar-refractivity contribution is 7.13. The van der Waals surface area contributed by atoms with Crippen molar-refractivity contribution >= 4 is 28.1 Å². The molecular formula is C18H16FN3OS. The summed E-state index contributed by atoms with van der Waals surface area (Å²) in [5.41, 5.74) is 2.52. The minimum absolute atomic E-state index is 0.0718. The summed E-state index contributed by atoms with van der Waals surface area (Å²) in [6, 6.07) is 15.8. The van der Waals surface area contributed by atoms with E-state index in [0.717, 1.165) is 11.3 Å². The molecule has 3 rings (SSSR count). The van der Waals surface area contributed by atoms with Gasteiger partial charge < -0.3 is 10.6 Å². The SMILES string of the molecule is O=C(Cc1csc(Nc2ccc(F)cc2)n1)NCc1ccccc1. The maximum atomic E-state index is 12.9. The summed E-state index contributed by atoms with van der Waals surface area (Å²) >= 11 is 1.41. The minimum Gasteiger partial charge on any atom is -0.352 e. The van der Waals surface area contributed by atoms with Crippen molar-refractivity contribution in [3.8, 4) is 0 Å². The van der Waals surface area contributed by atoms with Crippen molar-refractivity contribution in [2.75, 3.05) is 5.32 Å². The number of amides is 1. The van der Waals surface area contributed by atoms with Crippen molar-refractivity contribution in [3.63, 3.8) is 0 Å². The van der Waals surface area contributed by atoms with Gasteiger partial charge in [0.15, 0.2) is 5.13 Å². The number of carbonyl (C=O) groups is 1. The number of halogens is 1. The average Bonchev–Trinajstić information content (AvgIpc) is 3.03. The second-order valence-corrected chi connectivity index (χ2v) is 6.07. The first-order chi connectivity index (χ1) is 11.7. The van der Waals surface area contributed by atoms with Crippen molar-refractivity contribution in [3.05, 3.63) is 77.1 Å². The predicted octanol–water partition coefficient (Wildman–Crippen LogP) is 3.88. The van der Waals surface area contributed by atoms with E-state index in [-0.39, 0.29) is 18.1 Å². The Labute approximate surface area is 143 Å². The Hall–Kier alpha value is -2.73. The quantitative estimate of drug-likeness (QED) is 0.715. The Morgan fingerprint density at radius 1 is 1.08 bits per heavy atom. The fraction of sp³-hybridized carbons (Fsp3) is 0.111. The second-order valence-electron chi connectivity index (χ2n) is 5.21. The third kappa shape index (κ3) is 4.63. The number of anilines is 2. The van der Waals surface area contributed by atoms with Gasteiger partial charge in [0.2, 0.25) is 5.91 Å². The van der Waals surface area contributed by atoms with Crippen LogP contribution in [0.2, 0.25) is 0 Å². The topological polar surface area (TPSA) is 54.0 Å². The standard InChI is InChI=1S/C18H16FN3OS/c19-14-6-8-15(9-7-14)21-18-22-16(12-24-18)10-17(23)20-11-13-4-2-1-3-5-13/h1-9,12H,10-11H2,(H,20,23)(H,21,22). The van der Waals surface area contributed by atoms with Crippen LogP contribution in [0.5, 0.6) is 0 Å². The molecule has 0 aliphatic heterocycles. The molecule has 2 N–H and O–H groups in total. The van der Waals surface area contributed by atoms with Crippen LogP contribution in [0, 0.1) is 5.82 Å². The van der Waals surface area contributed by atoms with Crippen LogP contribution in [0.15, 0.2) is 60.0 Å². The molecule has 2 aromatic carbocycles. The number of aromatic nitrogens is 1. The van der Waals surface area contributed by atoms with Crippen molar-refractivity contribution in [2.45, 2.75) is 13.0 Å². The number of thiazole rings is 1. The molecule has 0 unspecified atom stereocenters. The number of rotatable bonds is 6. The lowest BCUT2D eigenvalue weighted by Gasteiger charge is -2.04. The fourth-order valence-corrected chi connectivity index (χ4v) is 2.86. The summed E-state index contributed by atoms with van der Waals surface area (Å²) in [6.45, 7) is 0.504. The summed E-state index contributed by atoms with van der Waals surface area (Å²) in [5, 5.41) is 8.48. The van der Waals surface area contributed by atoms with E-state index < -0.39 is 0 Å². The molecular weight excluding hydrogens is 325 g/mol. The number of nitrogens with zero attached hydrogens (tertiary/aromatic N) is 1. The van der Waals surface area contributed by atoms with Crippen LogP contribution >= 0.6 is 11.3 Å². The van der Waals surface area contributed by atoms with Gasteiger partial charge in [-0.15, -0.1) is 11.3 Å². The number of hydrogen-bond donors (Lipinski definition) is 2. The van der Waals surface area contributed by atoms with E-state index in [0.29, 0.717) is 17.4 Å². The van der Waals surface area contributed by atoms with Crippen LogP contribution < -0.4 is 10.6 Å². The largest absolute Gasteiger partial charge is 0.352 e. The van der Waals surface area contributed by atoms with Gasteiger partial charge in [-0.25, -0.2) is 9.37 Å². The molecule has 0 bridgehead atoms. The normalized spacial score (nSPS) is 10.4. The van der Waals surface area contributed by atoms with Gasteiger partial charge >= 0.3 is 0 Å². The first-order valence-corrected chi connectivity index (χ1v) is 8.34. The molecule has 4 nitrogen and oxygen atoms in total. The zero-order valence-electron chi connectivity index (χ0n) is 12.8. The molecule has 1 aromatic heterocycles. The second kappa shape index (κ2) is 7.70. The first kappa shape index (κ1) is 16.1. The monoisotopic (exact) mass is 341 g/mol. The van der Waals surface area contributed by atoms with E-state index in [1.165, 1.54) is 23.5 Å². The van der Waals surface area contributed by atoms with E-state index in [1.54, 1.807) is 12.1 Å². The van der Waals surface area contributed by atoms with Crippen LogP contribution in [0.4, 0.5) is 15.2 Å². The highest BCUT2D eigenvalue weighted by Gasteiger charge is 2.08. The number of carbonyl (C=O) groups excluding carboxylic acids is 1. The Bertz CT molecular complexity index is 803. The van der Waals surface area contributed by atoms with Gasteiger partial charge in [-0.2, -0.15) is 0 Å². The molecule has 0 aliphatic rings. The zero-order valence-corrected chi connectivity index (χ0v) is 13.6. The maximum Gasteiger partial charge on any atom is 0.226 e. The summed E-state index contributed by atoms with van der Waals surface area (Å²) in [6.07, 6.45) is 0.231. The van der Waals surface area contributed by atoms with Crippen LogP contribution in [0.1, 0.15) is 11.3 Å². The zero-order chi connectivity index (χ0) is 16.8. The van der Waals surface area contributed by atoms with Gasteiger partial charge in [-0.3, -0.25) is 4.79 Å². The lowest BCUT2D eigenvalue weighted by atomic mass is 10.2. The van der Waals surface area contributed by atoms with Crippen molar-refractivity contribution < 1.29 is 9.18 Å². The van der Waals surface area contributed by atoms with Crippen molar-refractivity contribution in [2.24, 2.45) is 0 Å². The van der Waals surface area contributed by atoms with Gasteiger partial charge in [-0.05, 0) is 29.8 Å².